The van der Waals surface area contributed by atoms with Gasteiger partial charge >= 0.3 is 0 Å². The highest BCUT2D eigenvalue weighted by Gasteiger charge is 2.26. The highest BCUT2D eigenvalue weighted by atomic mass is 35.5. The fourth-order valence-electron chi connectivity index (χ4n) is 2.84. The Morgan fingerprint density at radius 2 is 1.88 bits per heavy atom. The van der Waals surface area contributed by atoms with Crippen molar-refractivity contribution in [1.82, 2.24) is 10.2 Å². The molecule has 1 aromatic rings. The number of carbonyl (C=O) groups excluding carboxylic acids is 2. The number of rotatable bonds is 7. The number of amides is 2. The van der Waals surface area contributed by atoms with Gasteiger partial charge in [-0.25, -0.2) is 0 Å². The van der Waals surface area contributed by atoms with Crippen LogP contribution in [0.15, 0.2) is 24.3 Å². The van der Waals surface area contributed by atoms with E-state index in [2.05, 4.69) is 12.2 Å². The monoisotopic (exact) mass is 386 g/mol. The predicted molar refractivity (Wildman–Crippen MR) is 99.2 cm³/mol. The van der Waals surface area contributed by atoms with Gasteiger partial charge in [-0.15, -0.1) is 0 Å². The van der Waals surface area contributed by atoms with E-state index in [1.54, 1.807) is 4.90 Å². The molecule has 0 unspecified atom stereocenters. The summed E-state index contributed by atoms with van der Waals surface area (Å²) in [6, 6.07) is 7.85. The normalized spacial score (nSPS) is 15.3. The number of likely N-dealkylation sites (tertiary alicyclic amines) is 1. The number of hydrogen-bond donors (Lipinski definition) is 1. The first kappa shape index (κ1) is 19.9. The molecule has 0 aliphatic carbocycles. The summed E-state index contributed by atoms with van der Waals surface area (Å²) >= 11 is 11.2. The van der Waals surface area contributed by atoms with E-state index in [9.17, 15) is 9.59 Å². The van der Waals surface area contributed by atoms with E-state index in [1.807, 2.05) is 24.3 Å². The van der Waals surface area contributed by atoms with Crippen LogP contribution in [0.4, 0.5) is 0 Å². The topological polar surface area (TPSA) is 58.6 Å². The summed E-state index contributed by atoms with van der Waals surface area (Å²) in [6.45, 7) is 3.20. The maximum atomic E-state index is 12.0. The first-order chi connectivity index (χ1) is 12.0. The van der Waals surface area contributed by atoms with Gasteiger partial charge in [0, 0.05) is 19.1 Å². The Bertz CT molecular complexity index is 570. The standard InChI is InChI=1S/C18H24Cl2N2O3/c1-2-3-13-4-6-15(7-5-13)25-12-16(23)21-14-8-10-22(11-9-14)18(24)17(19)20/h4-7,14,17H,2-3,8-12H2,1H3,(H,21,23). The number of hydrogen-bond acceptors (Lipinski definition) is 3. The Hall–Kier alpha value is -1.46. The molecule has 0 aromatic heterocycles. The fourth-order valence-corrected chi connectivity index (χ4v) is 3.12. The van der Waals surface area contributed by atoms with E-state index in [0.717, 1.165) is 12.8 Å². The third-order valence-corrected chi connectivity index (χ3v) is 4.56. The molecular weight excluding hydrogens is 363 g/mol. The molecule has 7 heteroatoms. The van der Waals surface area contributed by atoms with Crippen LogP contribution in [-0.4, -0.2) is 47.3 Å². The van der Waals surface area contributed by atoms with Gasteiger partial charge < -0.3 is 15.0 Å². The van der Waals surface area contributed by atoms with Crippen molar-refractivity contribution >= 4 is 35.0 Å². The number of halogens is 2. The molecule has 1 aliphatic rings. The molecule has 1 heterocycles. The van der Waals surface area contributed by atoms with Gasteiger partial charge in [0.05, 0.1) is 0 Å². The molecule has 2 amide bonds. The number of aryl methyl sites for hydroxylation is 1. The molecule has 0 spiro atoms. The van der Waals surface area contributed by atoms with Crippen LogP contribution in [0.1, 0.15) is 31.7 Å². The van der Waals surface area contributed by atoms with Crippen LogP contribution in [0.3, 0.4) is 0 Å². The molecule has 2 rings (SSSR count). The lowest BCUT2D eigenvalue weighted by atomic mass is 10.1. The zero-order valence-corrected chi connectivity index (χ0v) is 15.9. The highest BCUT2D eigenvalue weighted by molar-refractivity contribution is 6.53. The summed E-state index contributed by atoms with van der Waals surface area (Å²) < 4.78 is 5.52. The van der Waals surface area contributed by atoms with Crippen molar-refractivity contribution < 1.29 is 14.3 Å². The Morgan fingerprint density at radius 1 is 1.24 bits per heavy atom. The zero-order chi connectivity index (χ0) is 18.2. The maximum Gasteiger partial charge on any atom is 0.258 e. The molecule has 0 bridgehead atoms. The minimum absolute atomic E-state index is 0.0162. The van der Waals surface area contributed by atoms with Crippen LogP contribution in [0.2, 0.25) is 0 Å². The van der Waals surface area contributed by atoms with E-state index in [0.29, 0.717) is 31.7 Å². The quantitative estimate of drug-likeness (QED) is 0.732. The van der Waals surface area contributed by atoms with E-state index in [1.165, 1.54) is 5.56 Å². The van der Waals surface area contributed by atoms with Gasteiger partial charge in [-0.1, -0.05) is 48.7 Å². The molecule has 1 aliphatic heterocycles. The number of ether oxygens (including phenoxy) is 1. The third kappa shape index (κ3) is 6.40. The summed E-state index contributed by atoms with van der Waals surface area (Å²) in [5.74, 6) is 0.253. The van der Waals surface area contributed by atoms with E-state index < -0.39 is 4.84 Å². The van der Waals surface area contributed by atoms with Crippen molar-refractivity contribution in [3.63, 3.8) is 0 Å². The van der Waals surface area contributed by atoms with Crippen LogP contribution in [-0.2, 0) is 16.0 Å². The molecular formula is C18H24Cl2N2O3. The van der Waals surface area contributed by atoms with Gasteiger partial charge in [-0.2, -0.15) is 0 Å². The van der Waals surface area contributed by atoms with Crippen LogP contribution in [0.5, 0.6) is 5.75 Å². The smallest absolute Gasteiger partial charge is 0.258 e. The van der Waals surface area contributed by atoms with Crippen LogP contribution in [0, 0.1) is 0 Å². The first-order valence-corrected chi connectivity index (χ1v) is 9.45. The zero-order valence-electron chi connectivity index (χ0n) is 14.3. The lowest BCUT2D eigenvalue weighted by molar-refractivity contribution is -0.130. The minimum Gasteiger partial charge on any atom is -0.484 e. The van der Waals surface area contributed by atoms with E-state index in [-0.39, 0.29) is 24.5 Å². The van der Waals surface area contributed by atoms with Crippen molar-refractivity contribution in [3.8, 4) is 5.75 Å². The van der Waals surface area contributed by atoms with Gasteiger partial charge in [0.1, 0.15) is 5.75 Å². The summed E-state index contributed by atoms with van der Waals surface area (Å²) in [5, 5.41) is 2.94. The van der Waals surface area contributed by atoms with Crippen molar-refractivity contribution in [1.29, 1.82) is 0 Å². The van der Waals surface area contributed by atoms with E-state index >= 15 is 0 Å². The lowest BCUT2D eigenvalue weighted by Gasteiger charge is -2.32. The van der Waals surface area contributed by atoms with Gasteiger partial charge in [0.2, 0.25) is 0 Å². The first-order valence-electron chi connectivity index (χ1n) is 8.57. The summed E-state index contributed by atoms with van der Waals surface area (Å²) in [4.78, 5) is 24.3. The maximum absolute atomic E-state index is 12.0. The number of piperidine rings is 1. The molecule has 5 nitrogen and oxygen atoms in total. The summed E-state index contributed by atoms with van der Waals surface area (Å²) in [5.41, 5.74) is 1.26. The summed E-state index contributed by atoms with van der Waals surface area (Å²) in [6.07, 6.45) is 3.51. The SMILES string of the molecule is CCCc1ccc(OCC(=O)NC2CCN(C(=O)C(Cl)Cl)CC2)cc1. The van der Waals surface area contributed by atoms with E-state index in [4.69, 9.17) is 27.9 Å². The molecule has 1 N–H and O–H groups in total. The Kier molecular flexibility index (Phi) is 7.85. The minimum atomic E-state index is -1.02. The number of alkyl halides is 2. The van der Waals surface area contributed by atoms with Crippen LogP contribution in [0.25, 0.3) is 0 Å². The van der Waals surface area contributed by atoms with Gasteiger partial charge in [0.25, 0.3) is 11.8 Å². The van der Waals surface area contributed by atoms with Gasteiger partial charge in [-0.05, 0) is 37.0 Å². The number of benzene rings is 1. The molecule has 0 atom stereocenters. The average Bonchev–Trinajstić information content (AvgIpc) is 2.61. The van der Waals surface area contributed by atoms with Crippen LogP contribution >= 0.6 is 23.2 Å². The number of nitrogens with zero attached hydrogens (tertiary/aromatic N) is 1. The van der Waals surface area contributed by atoms with Crippen LogP contribution < -0.4 is 10.1 Å². The van der Waals surface area contributed by atoms with Gasteiger partial charge in [-0.3, -0.25) is 9.59 Å². The van der Waals surface area contributed by atoms with Crippen molar-refractivity contribution in [3.05, 3.63) is 29.8 Å². The number of nitrogens with one attached hydrogen (secondary N) is 1. The van der Waals surface area contributed by atoms with Crippen molar-refractivity contribution in [2.24, 2.45) is 0 Å². The predicted octanol–water partition coefficient (Wildman–Crippen LogP) is 2.93. The second kappa shape index (κ2) is 9.88. The summed E-state index contributed by atoms with van der Waals surface area (Å²) in [7, 11) is 0. The highest BCUT2D eigenvalue weighted by Crippen LogP contribution is 2.16. The van der Waals surface area contributed by atoms with Crippen molar-refractivity contribution in [2.75, 3.05) is 19.7 Å². The second-order valence-corrected chi connectivity index (χ2v) is 7.25. The second-order valence-electron chi connectivity index (χ2n) is 6.15. The molecule has 1 fully saturated rings. The average molecular weight is 387 g/mol. The number of carbonyl (C=O) groups is 2. The largest absolute Gasteiger partial charge is 0.484 e. The molecule has 25 heavy (non-hydrogen) atoms. The Balaban J connectivity index is 1.70. The molecule has 1 saturated heterocycles. The molecule has 0 radical (unpaired) electrons. The Morgan fingerprint density at radius 3 is 2.44 bits per heavy atom. The molecule has 0 saturated carbocycles. The fraction of sp³-hybridized carbons (Fsp3) is 0.556. The van der Waals surface area contributed by atoms with Gasteiger partial charge in [0.15, 0.2) is 11.4 Å². The molecule has 1 aromatic carbocycles. The molecule has 138 valence electrons. The lowest BCUT2D eigenvalue weighted by Crippen LogP contribution is -2.48. The Labute approximate surface area is 158 Å². The van der Waals surface area contributed by atoms with Crippen molar-refractivity contribution in [2.45, 2.75) is 43.5 Å². The third-order valence-electron chi connectivity index (χ3n) is 4.19.